The zero-order chi connectivity index (χ0) is 15.4. The molecule has 0 rings (SSSR count). The molecule has 0 heterocycles. The lowest BCUT2D eigenvalue weighted by Gasteiger charge is -2.36. The van der Waals surface area contributed by atoms with Crippen molar-refractivity contribution in [1.29, 1.82) is 0 Å². The summed E-state index contributed by atoms with van der Waals surface area (Å²) in [5, 5.41) is 5.80. The fourth-order valence-electron chi connectivity index (χ4n) is 2.02. The van der Waals surface area contributed by atoms with Crippen molar-refractivity contribution >= 4 is 11.8 Å². The van der Waals surface area contributed by atoms with E-state index < -0.39 is 11.1 Å². The third-order valence-corrected chi connectivity index (χ3v) is 2.56. The second kappa shape index (κ2) is 6.04. The fraction of sp³-hybridized carbons (Fsp3) is 0.600. The van der Waals surface area contributed by atoms with E-state index in [4.69, 9.17) is 0 Å². The fourth-order valence-corrected chi connectivity index (χ4v) is 2.02. The maximum absolute atomic E-state index is 11.7. The molecule has 0 spiro atoms. The van der Waals surface area contributed by atoms with Gasteiger partial charge < -0.3 is 10.6 Å². The summed E-state index contributed by atoms with van der Waals surface area (Å²) in [6.07, 6.45) is 0.595. The Balaban J connectivity index is 4.71. The van der Waals surface area contributed by atoms with Crippen LogP contribution in [-0.4, -0.2) is 22.9 Å². The van der Waals surface area contributed by atoms with E-state index in [1.165, 1.54) is 0 Å². The van der Waals surface area contributed by atoms with Gasteiger partial charge in [0.15, 0.2) is 0 Å². The van der Waals surface area contributed by atoms with E-state index in [0.29, 0.717) is 17.6 Å². The highest BCUT2D eigenvalue weighted by molar-refractivity contribution is 5.93. The number of rotatable bonds is 6. The van der Waals surface area contributed by atoms with Crippen molar-refractivity contribution in [2.75, 3.05) is 0 Å². The summed E-state index contributed by atoms with van der Waals surface area (Å²) in [4.78, 5) is 23.3. The van der Waals surface area contributed by atoms with Crippen LogP contribution in [0.5, 0.6) is 0 Å². The molecule has 0 saturated carbocycles. The molecule has 0 bridgehead atoms. The molecule has 0 radical (unpaired) electrons. The molecule has 2 N–H and O–H groups in total. The van der Waals surface area contributed by atoms with Crippen LogP contribution in [0.2, 0.25) is 0 Å². The van der Waals surface area contributed by atoms with E-state index >= 15 is 0 Å². The van der Waals surface area contributed by atoms with Gasteiger partial charge in [0.25, 0.3) is 0 Å². The first-order chi connectivity index (χ1) is 8.36. The number of hydrogen-bond acceptors (Lipinski definition) is 2. The Kier molecular flexibility index (Phi) is 5.54. The molecule has 0 atom stereocenters. The lowest BCUT2D eigenvalue weighted by molar-refractivity contribution is -0.119. The van der Waals surface area contributed by atoms with Crippen molar-refractivity contribution in [3.63, 3.8) is 0 Å². The van der Waals surface area contributed by atoms with Gasteiger partial charge in [-0.25, -0.2) is 0 Å². The Bertz CT molecular complexity index is 368. The van der Waals surface area contributed by atoms with Gasteiger partial charge in [-0.2, -0.15) is 0 Å². The molecule has 0 fully saturated rings. The van der Waals surface area contributed by atoms with Crippen LogP contribution in [0.1, 0.15) is 48.0 Å². The van der Waals surface area contributed by atoms with Crippen LogP contribution in [0.25, 0.3) is 0 Å². The molecule has 0 aromatic rings. The molecule has 108 valence electrons. The normalized spacial score (nSPS) is 11.7. The summed E-state index contributed by atoms with van der Waals surface area (Å²) < 4.78 is 0. The van der Waals surface area contributed by atoms with Gasteiger partial charge in [-0.1, -0.05) is 13.2 Å². The highest BCUT2D eigenvalue weighted by Crippen LogP contribution is 2.20. The van der Waals surface area contributed by atoms with Crippen LogP contribution >= 0.6 is 0 Å². The molecular weight excluding hydrogens is 240 g/mol. The minimum atomic E-state index is -0.443. The summed E-state index contributed by atoms with van der Waals surface area (Å²) in [6, 6.07) is 0. The van der Waals surface area contributed by atoms with E-state index in [1.54, 1.807) is 13.8 Å². The molecule has 19 heavy (non-hydrogen) atoms. The molecule has 4 heteroatoms. The van der Waals surface area contributed by atoms with E-state index in [2.05, 4.69) is 23.8 Å². The lowest BCUT2D eigenvalue weighted by atomic mass is 9.86. The van der Waals surface area contributed by atoms with Crippen molar-refractivity contribution in [3.8, 4) is 0 Å². The average molecular weight is 266 g/mol. The summed E-state index contributed by atoms with van der Waals surface area (Å²) in [6.45, 7) is 18.2. The third-order valence-electron chi connectivity index (χ3n) is 2.56. The molecule has 4 nitrogen and oxygen atoms in total. The van der Waals surface area contributed by atoms with Gasteiger partial charge in [0.2, 0.25) is 11.8 Å². The largest absolute Gasteiger partial charge is 0.347 e. The molecule has 0 saturated heterocycles. The van der Waals surface area contributed by atoms with Gasteiger partial charge in [-0.15, -0.1) is 0 Å². The summed E-state index contributed by atoms with van der Waals surface area (Å²) in [5.41, 5.74) is 0.0535. The van der Waals surface area contributed by atoms with Gasteiger partial charge in [-0.05, 0) is 48.0 Å². The van der Waals surface area contributed by atoms with Gasteiger partial charge in [-0.3, -0.25) is 9.59 Å². The van der Waals surface area contributed by atoms with Crippen molar-refractivity contribution in [2.45, 2.75) is 59.0 Å². The van der Waals surface area contributed by atoms with E-state index in [0.717, 1.165) is 0 Å². The predicted molar refractivity (Wildman–Crippen MR) is 78.7 cm³/mol. The highest BCUT2D eigenvalue weighted by atomic mass is 16.2. The Morgan fingerprint density at radius 3 is 1.32 bits per heavy atom. The molecule has 0 aromatic heterocycles. The molecule has 0 aliphatic heterocycles. The van der Waals surface area contributed by atoms with Gasteiger partial charge in [0.05, 0.1) is 0 Å². The first-order valence-corrected chi connectivity index (χ1v) is 6.32. The maximum atomic E-state index is 11.7. The SMILES string of the molecule is C=C(C)C(=O)NC(C)(C)CC(C)(C)NC(=O)C(=C)C. The zero-order valence-corrected chi connectivity index (χ0v) is 12.9. The topological polar surface area (TPSA) is 58.2 Å². The minimum Gasteiger partial charge on any atom is -0.347 e. The van der Waals surface area contributed by atoms with Gasteiger partial charge in [0.1, 0.15) is 0 Å². The standard InChI is InChI=1S/C15H26N2O2/c1-10(2)12(18)16-14(5,6)9-15(7,8)17-13(19)11(3)4/h1,3,9H2,2,4-8H3,(H,16,18)(H,17,19). The zero-order valence-electron chi connectivity index (χ0n) is 12.9. The number of hydrogen-bond donors (Lipinski definition) is 2. The minimum absolute atomic E-state index is 0.174. The van der Waals surface area contributed by atoms with Crippen LogP contribution in [-0.2, 0) is 9.59 Å². The van der Waals surface area contributed by atoms with Gasteiger partial charge in [0, 0.05) is 22.2 Å². The van der Waals surface area contributed by atoms with Crippen LogP contribution in [0.4, 0.5) is 0 Å². The smallest absolute Gasteiger partial charge is 0.246 e. The predicted octanol–water partition coefficient (Wildman–Crippen LogP) is 2.32. The van der Waals surface area contributed by atoms with Crippen LogP contribution < -0.4 is 10.6 Å². The van der Waals surface area contributed by atoms with E-state index in [9.17, 15) is 9.59 Å². The van der Waals surface area contributed by atoms with Crippen molar-refractivity contribution in [3.05, 3.63) is 24.3 Å². The molecule has 0 aliphatic carbocycles. The second-order valence-electron chi connectivity index (χ2n) is 6.41. The first-order valence-electron chi connectivity index (χ1n) is 6.32. The second-order valence-corrected chi connectivity index (χ2v) is 6.41. The van der Waals surface area contributed by atoms with Crippen molar-refractivity contribution in [1.82, 2.24) is 10.6 Å². The molecule has 0 aliphatic rings. The van der Waals surface area contributed by atoms with Crippen molar-refractivity contribution < 1.29 is 9.59 Å². The highest BCUT2D eigenvalue weighted by Gasteiger charge is 2.31. The lowest BCUT2D eigenvalue weighted by Crippen LogP contribution is -2.53. The van der Waals surface area contributed by atoms with E-state index in [-0.39, 0.29) is 11.8 Å². The summed E-state index contributed by atoms with van der Waals surface area (Å²) in [7, 11) is 0. The Morgan fingerprint density at radius 2 is 1.11 bits per heavy atom. The number of nitrogens with one attached hydrogen (secondary N) is 2. The third kappa shape index (κ3) is 6.79. The van der Waals surface area contributed by atoms with Crippen LogP contribution in [0.3, 0.4) is 0 Å². The molecule has 0 aromatic carbocycles. The Hall–Kier alpha value is -1.58. The summed E-state index contributed by atoms with van der Waals surface area (Å²) >= 11 is 0. The Morgan fingerprint density at radius 1 is 0.842 bits per heavy atom. The summed E-state index contributed by atoms with van der Waals surface area (Å²) in [5.74, 6) is -0.348. The number of carbonyl (C=O) groups excluding carboxylic acids is 2. The van der Waals surface area contributed by atoms with Crippen molar-refractivity contribution in [2.24, 2.45) is 0 Å². The molecule has 0 unspecified atom stereocenters. The van der Waals surface area contributed by atoms with Crippen LogP contribution in [0.15, 0.2) is 24.3 Å². The van der Waals surface area contributed by atoms with Gasteiger partial charge >= 0.3 is 0 Å². The number of carbonyl (C=O) groups is 2. The number of amides is 2. The Labute approximate surface area is 116 Å². The average Bonchev–Trinajstić information content (AvgIpc) is 2.13. The van der Waals surface area contributed by atoms with E-state index in [1.807, 2.05) is 27.7 Å². The first kappa shape index (κ1) is 17.4. The molecule has 2 amide bonds. The molecular formula is C15H26N2O2. The monoisotopic (exact) mass is 266 g/mol. The maximum Gasteiger partial charge on any atom is 0.246 e. The van der Waals surface area contributed by atoms with Crippen LogP contribution in [0, 0.1) is 0 Å². The quantitative estimate of drug-likeness (QED) is 0.725.